The van der Waals surface area contributed by atoms with E-state index in [1.807, 2.05) is 0 Å². The molecule has 3 N–H and O–H groups in total. The van der Waals surface area contributed by atoms with Crippen LogP contribution >= 0.6 is 0 Å². The van der Waals surface area contributed by atoms with Crippen LogP contribution in [0.4, 0.5) is 5.69 Å². The summed E-state index contributed by atoms with van der Waals surface area (Å²) in [5.41, 5.74) is 5.23. The summed E-state index contributed by atoms with van der Waals surface area (Å²) in [7, 11) is 3.44. The van der Waals surface area contributed by atoms with E-state index in [-0.39, 0.29) is 17.4 Å². The first kappa shape index (κ1) is 18.0. The van der Waals surface area contributed by atoms with E-state index < -0.39 is 5.97 Å². The third-order valence-electron chi connectivity index (χ3n) is 5.31. The van der Waals surface area contributed by atoms with Gasteiger partial charge in [-0.05, 0) is 55.0 Å². The van der Waals surface area contributed by atoms with Crippen molar-refractivity contribution in [3.8, 4) is 0 Å². The quantitative estimate of drug-likeness (QED) is 0.714. The molecule has 1 aromatic heterocycles. The average Bonchev–Trinajstić information content (AvgIpc) is 3.19. The molecule has 4 rings (SSSR count). The van der Waals surface area contributed by atoms with Gasteiger partial charge in [-0.1, -0.05) is 6.07 Å². The predicted molar refractivity (Wildman–Crippen MR) is 105 cm³/mol. The first-order valence-corrected chi connectivity index (χ1v) is 9.23. The number of carboxylic acids is 1. The van der Waals surface area contributed by atoms with E-state index >= 15 is 0 Å². The molecule has 0 unspecified atom stereocenters. The van der Waals surface area contributed by atoms with Crippen molar-refractivity contribution in [3.05, 3.63) is 51.8 Å². The molecule has 1 aromatic carbocycles. The maximum absolute atomic E-state index is 12.6. The Morgan fingerprint density at radius 3 is 2.54 bits per heavy atom. The van der Waals surface area contributed by atoms with Crippen LogP contribution in [0.2, 0.25) is 0 Å². The number of aromatic nitrogens is 1. The number of nitrogens with zero attached hydrogens (tertiary/aromatic N) is 1. The summed E-state index contributed by atoms with van der Waals surface area (Å²) < 4.78 is 0. The minimum atomic E-state index is -1.04. The van der Waals surface area contributed by atoms with Gasteiger partial charge in [-0.25, -0.2) is 4.79 Å². The zero-order valence-electron chi connectivity index (χ0n) is 15.8. The van der Waals surface area contributed by atoms with Gasteiger partial charge >= 0.3 is 5.97 Å². The summed E-state index contributed by atoms with van der Waals surface area (Å²) in [4.78, 5) is 41.0. The highest BCUT2D eigenvalue weighted by Crippen LogP contribution is 2.36. The number of aromatic carboxylic acids is 1. The summed E-state index contributed by atoms with van der Waals surface area (Å²) in [6.45, 7) is 0. The monoisotopic (exact) mass is 379 g/mol. The molecule has 28 heavy (non-hydrogen) atoms. The Hall–Kier alpha value is -3.35. The number of carbonyl (C=O) groups is 3. The third kappa shape index (κ3) is 2.89. The van der Waals surface area contributed by atoms with Gasteiger partial charge in [0.1, 0.15) is 5.69 Å². The molecular weight excluding hydrogens is 358 g/mol. The molecule has 1 aliphatic heterocycles. The fourth-order valence-electron chi connectivity index (χ4n) is 3.91. The Kier molecular flexibility index (Phi) is 4.30. The molecule has 0 saturated carbocycles. The fraction of sp³-hybridized carbons (Fsp3) is 0.286. The van der Waals surface area contributed by atoms with Gasteiger partial charge in [0.15, 0.2) is 0 Å². The van der Waals surface area contributed by atoms with Crippen molar-refractivity contribution < 1.29 is 19.5 Å². The molecule has 2 amide bonds. The van der Waals surface area contributed by atoms with Gasteiger partial charge in [-0.2, -0.15) is 0 Å². The Balaban J connectivity index is 1.81. The van der Waals surface area contributed by atoms with Crippen molar-refractivity contribution in [2.24, 2.45) is 0 Å². The Bertz CT molecular complexity index is 1050. The van der Waals surface area contributed by atoms with Crippen molar-refractivity contribution >= 4 is 35.1 Å². The van der Waals surface area contributed by atoms with Crippen LogP contribution in [0.3, 0.4) is 0 Å². The van der Waals surface area contributed by atoms with Crippen molar-refractivity contribution in [1.29, 1.82) is 0 Å². The van der Waals surface area contributed by atoms with Crippen LogP contribution in [0.15, 0.2) is 18.2 Å². The van der Waals surface area contributed by atoms with Crippen molar-refractivity contribution in [2.45, 2.75) is 25.7 Å². The molecule has 7 nitrogen and oxygen atoms in total. The van der Waals surface area contributed by atoms with Crippen LogP contribution in [0.1, 0.15) is 56.1 Å². The highest BCUT2D eigenvalue weighted by Gasteiger charge is 2.28. The smallest absolute Gasteiger partial charge is 0.335 e. The number of nitrogens with one attached hydrogen (secondary N) is 2. The third-order valence-corrected chi connectivity index (χ3v) is 5.31. The largest absolute Gasteiger partial charge is 0.478 e. The van der Waals surface area contributed by atoms with Gasteiger partial charge in [-0.15, -0.1) is 0 Å². The van der Waals surface area contributed by atoms with Crippen LogP contribution in [0, 0.1) is 0 Å². The zero-order valence-corrected chi connectivity index (χ0v) is 15.8. The van der Waals surface area contributed by atoms with E-state index in [0.717, 1.165) is 42.5 Å². The number of H-pyrrole nitrogens is 1. The number of hydrogen-bond donors (Lipinski definition) is 3. The maximum Gasteiger partial charge on any atom is 0.335 e. The summed E-state index contributed by atoms with van der Waals surface area (Å²) in [5.74, 6) is -1.40. The molecule has 0 spiro atoms. The molecule has 144 valence electrons. The number of hydrogen-bond acceptors (Lipinski definition) is 3. The lowest BCUT2D eigenvalue weighted by Crippen LogP contribution is -2.23. The normalized spacial score (nSPS) is 16.5. The summed E-state index contributed by atoms with van der Waals surface area (Å²) in [5, 5.41) is 11.9. The standard InChI is InChI=1S/C21H21N3O4/c1-24(2)20(26)18-14-6-4-3-5-12(14)17(22-18)10-15-13-8-7-11(21(27)28)9-16(13)23-19(15)25/h7-10,22H,3-6H2,1-2H3,(H,23,25)(H,27,28)/b15-10-. The van der Waals surface area contributed by atoms with E-state index in [2.05, 4.69) is 10.3 Å². The zero-order chi connectivity index (χ0) is 20.0. The molecule has 0 saturated heterocycles. The van der Waals surface area contributed by atoms with Gasteiger partial charge in [0.2, 0.25) is 0 Å². The van der Waals surface area contributed by atoms with E-state index in [4.69, 9.17) is 5.11 Å². The van der Waals surface area contributed by atoms with Crippen LogP contribution < -0.4 is 5.32 Å². The van der Waals surface area contributed by atoms with Crippen LogP contribution in [-0.4, -0.2) is 46.9 Å². The average molecular weight is 379 g/mol. The molecule has 2 heterocycles. The molecular formula is C21H21N3O4. The Morgan fingerprint density at radius 1 is 1.14 bits per heavy atom. The lowest BCUT2D eigenvalue weighted by Gasteiger charge is -2.15. The molecule has 0 bridgehead atoms. The molecule has 1 aliphatic carbocycles. The van der Waals surface area contributed by atoms with E-state index in [9.17, 15) is 14.4 Å². The van der Waals surface area contributed by atoms with Gasteiger partial charge in [0.05, 0.1) is 11.1 Å². The minimum absolute atomic E-state index is 0.0785. The van der Waals surface area contributed by atoms with Crippen molar-refractivity contribution in [2.75, 3.05) is 19.4 Å². The molecule has 0 radical (unpaired) electrons. The lowest BCUT2D eigenvalue weighted by molar-refractivity contribution is -0.110. The molecule has 0 atom stereocenters. The van der Waals surface area contributed by atoms with Crippen LogP contribution in [-0.2, 0) is 17.6 Å². The number of fused-ring (bicyclic) bond motifs is 2. The van der Waals surface area contributed by atoms with E-state index in [0.29, 0.717) is 22.5 Å². The van der Waals surface area contributed by atoms with Gasteiger partial charge in [-0.3, -0.25) is 9.59 Å². The minimum Gasteiger partial charge on any atom is -0.478 e. The van der Waals surface area contributed by atoms with Crippen molar-refractivity contribution in [1.82, 2.24) is 9.88 Å². The van der Waals surface area contributed by atoms with Gasteiger partial charge < -0.3 is 20.3 Å². The highest BCUT2D eigenvalue weighted by atomic mass is 16.4. The van der Waals surface area contributed by atoms with Gasteiger partial charge in [0.25, 0.3) is 11.8 Å². The number of carboxylic acid groups (broad SMARTS) is 1. The fourth-order valence-corrected chi connectivity index (χ4v) is 3.91. The topological polar surface area (TPSA) is 103 Å². The van der Waals surface area contributed by atoms with E-state index in [1.165, 1.54) is 12.1 Å². The summed E-state index contributed by atoms with van der Waals surface area (Å²) in [6, 6.07) is 4.59. The second kappa shape index (κ2) is 6.67. The SMILES string of the molecule is CN(C)C(=O)c1[nH]c(/C=C2\C(=O)Nc3cc(C(=O)O)ccc32)c2c1CCCC2. The molecule has 0 fully saturated rings. The molecule has 7 heteroatoms. The summed E-state index contributed by atoms with van der Waals surface area (Å²) >= 11 is 0. The number of aromatic amines is 1. The number of rotatable bonds is 3. The number of anilines is 1. The Morgan fingerprint density at radius 2 is 1.86 bits per heavy atom. The predicted octanol–water partition coefficient (Wildman–Crippen LogP) is 2.79. The second-order valence-electron chi connectivity index (χ2n) is 7.36. The molecule has 2 aromatic rings. The second-order valence-corrected chi connectivity index (χ2v) is 7.36. The van der Waals surface area contributed by atoms with Crippen LogP contribution in [0.25, 0.3) is 11.6 Å². The van der Waals surface area contributed by atoms with E-state index in [1.54, 1.807) is 31.1 Å². The maximum atomic E-state index is 12.6. The first-order valence-electron chi connectivity index (χ1n) is 9.23. The number of carbonyl (C=O) groups excluding carboxylic acids is 2. The van der Waals surface area contributed by atoms with Gasteiger partial charge in [0, 0.05) is 31.0 Å². The first-order chi connectivity index (χ1) is 13.4. The van der Waals surface area contributed by atoms with Crippen LogP contribution in [0.5, 0.6) is 0 Å². The van der Waals surface area contributed by atoms with Crippen molar-refractivity contribution in [3.63, 3.8) is 0 Å². The number of benzene rings is 1. The Labute approximate surface area is 162 Å². The lowest BCUT2D eigenvalue weighted by atomic mass is 9.91. The molecule has 2 aliphatic rings. The number of amides is 2. The highest BCUT2D eigenvalue weighted by molar-refractivity contribution is 6.35. The summed E-state index contributed by atoms with van der Waals surface area (Å²) in [6.07, 6.45) is 5.56.